The molecule has 1 unspecified atom stereocenters. The second-order valence-electron chi connectivity index (χ2n) is 9.62. The summed E-state index contributed by atoms with van der Waals surface area (Å²) in [5.74, 6) is 0.139. The molecule has 178 valence electrons. The number of hydrogen-bond acceptors (Lipinski definition) is 6. The van der Waals surface area contributed by atoms with Gasteiger partial charge in [-0.3, -0.25) is 4.79 Å². The van der Waals surface area contributed by atoms with Gasteiger partial charge in [0.2, 0.25) is 0 Å². The number of carbonyl (C=O) groups excluding carboxylic acids is 1. The number of esters is 1. The normalized spacial score (nSPS) is 17.6. The zero-order valence-electron chi connectivity index (χ0n) is 20.3. The molecule has 0 N–H and O–H groups in total. The Bertz CT molecular complexity index is 1190. The lowest BCUT2D eigenvalue weighted by Gasteiger charge is -2.32. The van der Waals surface area contributed by atoms with Gasteiger partial charge in [0.1, 0.15) is 6.10 Å². The third-order valence-corrected chi connectivity index (χ3v) is 6.98. The zero-order valence-corrected chi connectivity index (χ0v) is 21.1. The van der Waals surface area contributed by atoms with Crippen molar-refractivity contribution in [3.8, 4) is 11.3 Å². The second-order valence-corrected chi connectivity index (χ2v) is 10.0. The van der Waals surface area contributed by atoms with Gasteiger partial charge in [-0.05, 0) is 53.1 Å². The van der Waals surface area contributed by atoms with Crippen molar-refractivity contribution >= 4 is 30.2 Å². The smallest absolute Gasteiger partial charge is 0.457 e. The average Bonchev–Trinajstić information content (AvgIpc) is 3.23. The maximum absolute atomic E-state index is 12.8. The highest BCUT2D eigenvalue weighted by atomic mass is 35.5. The van der Waals surface area contributed by atoms with Crippen molar-refractivity contribution in [3.05, 3.63) is 70.4 Å². The number of hydrogen-bond donors (Lipinski definition) is 0. The predicted octanol–water partition coefficient (Wildman–Crippen LogP) is 5.45. The van der Waals surface area contributed by atoms with Gasteiger partial charge in [-0.2, -0.15) is 0 Å². The molecule has 0 amide bonds. The summed E-state index contributed by atoms with van der Waals surface area (Å²) in [6.07, 6.45) is -0.447. The molecular weight excluding hydrogens is 453 g/mol. The Morgan fingerprint density at radius 3 is 2.44 bits per heavy atom. The highest BCUT2D eigenvalue weighted by Crippen LogP contribution is 2.37. The molecule has 6 nitrogen and oxygen atoms in total. The van der Waals surface area contributed by atoms with Crippen LogP contribution < -0.4 is 5.46 Å². The van der Waals surface area contributed by atoms with Crippen LogP contribution in [0.2, 0.25) is 5.02 Å². The molecule has 3 aromatic rings. The first-order valence-corrected chi connectivity index (χ1v) is 11.7. The Morgan fingerprint density at radius 1 is 1.09 bits per heavy atom. The van der Waals surface area contributed by atoms with E-state index < -0.39 is 24.4 Å². The van der Waals surface area contributed by atoms with E-state index in [1.807, 2.05) is 77.1 Å². The number of carbonyl (C=O) groups is 1. The number of halogens is 1. The largest absolute Gasteiger partial charge is 0.494 e. The minimum Gasteiger partial charge on any atom is -0.457 e. The van der Waals surface area contributed by atoms with Crippen molar-refractivity contribution in [2.45, 2.75) is 65.3 Å². The van der Waals surface area contributed by atoms with Crippen molar-refractivity contribution in [2.24, 2.45) is 0 Å². The molecule has 1 saturated heterocycles. The summed E-state index contributed by atoms with van der Waals surface area (Å²) in [4.78, 5) is 12.8. The summed E-state index contributed by atoms with van der Waals surface area (Å²) >= 11 is 6.24. The Labute approximate surface area is 205 Å². The van der Waals surface area contributed by atoms with Gasteiger partial charge in [-0.25, -0.2) is 0 Å². The molecule has 0 saturated carbocycles. The van der Waals surface area contributed by atoms with E-state index in [9.17, 15) is 4.79 Å². The van der Waals surface area contributed by atoms with Crippen molar-refractivity contribution in [1.82, 2.24) is 5.16 Å². The Morgan fingerprint density at radius 2 is 1.76 bits per heavy atom. The van der Waals surface area contributed by atoms with Gasteiger partial charge >= 0.3 is 13.1 Å². The van der Waals surface area contributed by atoms with E-state index in [0.717, 1.165) is 16.6 Å². The second kappa shape index (κ2) is 9.21. The van der Waals surface area contributed by atoms with Crippen LogP contribution in [0.4, 0.5) is 0 Å². The van der Waals surface area contributed by atoms with Crippen molar-refractivity contribution in [1.29, 1.82) is 0 Å². The lowest BCUT2D eigenvalue weighted by molar-refractivity contribution is -0.147. The molecule has 1 fully saturated rings. The molecule has 4 rings (SSSR count). The monoisotopic (exact) mass is 481 g/mol. The number of aromatic nitrogens is 1. The third kappa shape index (κ3) is 4.78. The van der Waals surface area contributed by atoms with E-state index in [1.165, 1.54) is 0 Å². The third-order valence-electron chi connectivity index (χ3n) is 6.63. The van der Waals surface area contributed by atoms with E-state index in [-0.39, 0.29) is 12.4 Å². The molecule has 1 aromatic heterocycles. The van der Waals surface area contributed by atoms with Crippen LogP contribution in [0.5, 0.6) is 0 Å². The molecule has 2 heterocycles. The van der Waals surface area contributed by atoms with Gasteiger partial charge in [0.25, 0.3) is 0 Å². The lowest BCUT2D eigenvalue weighted by Crippen LogP contribution is -2.41. The van der Waals surface area contributed by atoms with Gasteiger partial charge < -0.3 is 18.6 Å². The topological polar surface area (TPSA) is 70.8 Å². The summed E-state index contributed by atoms with van der Waals surface area (Å²) in [5.41, 5.74) is 2.85. The van der Waals surface area contributed by atoms with E-state index in [1.54, 1.807) is 13.0 Å². The van der Waals surface area contributed by atoms with E-state index in [0.29, 0.717) is 22.0 Å². The number of benzene rings is 2. The number of rotatable bonds is 6. The molecule has 1 aliphatic rings. The van der Waals surface area contributed by atoms with Crippen LogP contribution in [0, 0.1) is 6.92 Å². The predicted molar refractivity (Wildman–Crippen MR) is 132 cm³/mol. The summed E-state index contributed by atoms with van der Waals surface area (Å²) in [5, 5.41) is 4.66. The number of nitrogens with zero attached hydrogens (tertiary/aromatic N) is 1. The fraction of sp³-hybridized carbons (Fsp3) is 0.385. The average molecular weight is 482 g/mol. The molecular formula is C26H29BClNO5. The van der Waals surface area contributed by atoms with E-state index >= 15 is 0 Å². The minimum absolute atomic E-state index is 0.0280. The molecule has 1 aliphatic heterocycles. The van der Waals surface area contributed by atoms with E-state index in [4.69, 9.17) is 30.2 Å². The molecule has 0 spiro atoms. The minimum atomic E-state index is -0.501. The Balaban J connectivity index is 1.54. The number of aryl methyl sites for hydroxylation is 1. The highest BCUT2D eigenvalue weighted by Gasteiger charge is 2.51. The van der Waals surface area contributed by atoms with Crippen LogP contribution in [0.3, 0.4) is 0 Å². The Hall–Kier alpha value is -2.61. The van der Waals surface area contributed by atoms with Crippen LogP contribution in [-0.2, 0) is 25.3 Å². The van der Waals surface area contributed by atoms with Gasteiger partial charge in [0, 0.05) is 21.7 Å². The maximum atomic E-state index is 12.8. The highest BCUT2D eigenvalue weighted by molar-refractivity contribution is 6.62. The van der Waals surface area contributed by atoms with Gasteiger partial charge in [0.15, 0.2) is 5.76 Å². The summed E-state index contributed by atoms with van der Waals surface area (Å²) < 4.78 is 23.7. The molecule has 8 heteroatoms. The fourth-order valence-corrected chi connectivity index (χ4v) is 4.17. The lowest BCUT2D eigenvalue weighted by atomic mass is 9.78. The molecule has 0 radical (unpaired) electrons. The first kappa shape index (κ1) is 24.5. The first-order valence-electron chi connectivity index (χ1n) is 11.3. The fourth-order valence-electron chi connectivity index (χ4n) is 3.88. The molecule has 0 bridgehead atoms. The molecule has 0 aliphatic carbocycles. The maximum Gasteiger partial charge on any atom is 0.494 e. The van der Waals surface area contributed by atoms with Crippen molar-refractivity contribution in [3.63, 3.8) is 0 Å². The first-order chi connectivity index (χ1) is 16.0. The number of ether oxygens (including phenoxy) is 1. The molecule has 34 heavy (non-hydrogen) atoms. The van der Waals surface area contributed by atoms with Gasteiger partial charge in [-0.1, -0.05) is 59.2 Å². The van der Waals surface area contributed by atoms with Crippen LogP contribution in [0.25, 0.3) is 11.3 Å². The summed E-state index contributed by atoms with van der Waals surface area (Å²) in [6, 6.07) is 15.0. The van der Waals surface area contributed by atoms with Crippen molar-refractivity contribution < 1.29 is 23.4 Å². The van der Waals surface area contributed by atoms with E-state index in [2.05, 4.69) is 5.16 Å². The van der Waals surface area contributed by atoms with Crippen LogP contribution >= 0.6 is 11.6 Å². The SMILES string of the molecule is Cc1noc(-c2cccc(B3OC(C)(C)C(C)(C)O3)c2)c1CC(=O)OC(C)c1ccccc1Cl. The molecule has 2 aromatic carbocycles. The quantitative estimate of drug-likeness (QED) is 0.344. The van der Waals surface area contributed by atoms with Crippen molar-refractivity contribution in [2.75, 3.05) is 0 Å². The van der Waals surface area contributed by atoms with Gasteiger partial charge in [0.05, 0.1) is 23.3 Å². The van der Waals surface area contributed by atoms with Gasteiger partial charge in [-0.15, -0.1) is 0 Å². The zero-order chi connectivity index (χ0) is 24.7. The summed E-state index contributed by atoms with van der Waals surface area (Å²) in [7, 11) is -0.501. The summed E-state index contributed by atoms with van der Waals surface area (Å²) in [6.45, 7) is 11.7. The molecule has 1 atom stereocenters. The van der Waals surface area contributed by atoms with Crippen LogP contribution in [0.1, 0.15) is 57.5 Å². The Kier molecular flexibility index (Phi) is 6.64. The standard InChI is InChI=1S/C26H29BClNO5/c1-16-21(15-23(30)31-17(2)20-12-7-8-13-22(20)28)24(32-29-16)18-10-9-11-19(14-18)27-33-25(3,4)26(5,6)34-27/h7-14,17H,15H2,1-6H3. The van der Waals surface area contributed by atoms with Crippen LogP contribution in [0.15, 0.2) is 53.1 Å². The van der Waals surface area contributed by atoms with Crippen LogP contribution in [-0.4, -0.2) is 29.4 Å².